The number of aromatic nitrogens is 2. The second kappa shape index (κ2) is 5.86. The molecule has 0 saturated heterocycles. The van der Waals surface area contributed by atoms with Crippen LogP contribution in [0.1, 0.15) is 18.4 Å². The lowest BCUT2D eigenvalue weighted by molar-refractivity contribution is 0.610. The van der Waals surface area contributed by atoms with E-state index in [-0.39, 0.29) is 5.82 Å². The van der Waals surface area contributed by atoms with E-state index in [4.69, 9.17) is 0 Å². The number of hydrogen-bond donors (Lipinski definition) is 2. The molecule has 5 heteroatoms. The van der Waals surface area contributed by atoms with Gasteiger partial charge in [-0.2, -0.15) is 4.98 Å². The van der Waals surface area contributed by atoms with Crippen LogP contribution in [0.15, 0.2) is 36.5 Å². The van der Waals surface area contributed by atoms with Crippen molar-refractivity contribution in [3.8, 4) is 0 Å². The Morgan fingerprint density at radius 2 is 2.05 bits per heavy atom. The lowest BCUT2D eigenvalue weighted by Gasteiger charge is -2.08. The van der Waals surface area contributed by atoms with Gasteiger partial charge in [-0.15, -0.1) is 0 Å². The van der Waals surface area contributed by atoms with Crippen LogP contribution in [0.4, 0.5) is 16.2 Å². The van der Waals surface area contributed by atoms with Crippen LogP contribution in [-0.4, -0.2) is 22.6 Å². The lowest BCUT2D eigenvalue weighted by atomic mass is 10.1. The molecule has 1 fully saturated rings. The summed E-state index contributed by atoms with van der Waals surface area (Å²) < 4.78 is 13.5. The molecule has 104 valence electrons. The fourth-order valence-corrected chi connectivity index (χ4v) is 1.97. The summed E-state index contributed by atoms with van der Waals surface area (Å²) in [6.45, 7) is 0.605. The van der Waals surface area contributed by atoms with Crippen molar-refractivity contribution in [1.82, 2.24) is 9.97 Å². The Kier molecular flexibility index (Phi) is 3.76. The van der Waals surface area contributed by atoms with Crippen LogP contribution >= 0.6 is 0 Å². The van der Waals surface area contributed by atoms with Crippen LogP contribution < -0.4 is 10.6 Å². The van der Waals surface area contributed by atoms with Crippen molar-refractivity contribution in [3.63, 3.8) is 0 Å². The molecule has 0 bridgehead atoms. The molecule has 0 unspecified atom stereocenters. The van der Waals surface area contributed by atoms with E-state index in [9.17, 15) is 4.39 Å². The molecule has 0 aliphatic heterocycles. The number of benzene rings is 1. The molecule has 20 heavy (non-hydrogen) atoms. The van der Waals surface area contributed by atoms with Gasteiger partial charge in [0.15, 0.2) is 0 Å². The summed E-state index contributed by atoms with van der Waals surface area (Å²) in [6, 6.07) is 9.24. The highest BCUT2D eigenvalue weighted by molar-refractivity contribution is 5.41. The second-order valence-corrected chi connectivity index (χ2v) is 4.95. The van der Waals surface area contributed by atoms with Crippen molar-refractivity contribution in [2.45, 2.75) is 25.3 Å². The fourth-order valence-electron chi connectivity index (χ4n) is 1.97. The number of rotatable bonds is 6. The molecule has 0 radical (unpaired) electrons. The van der Waals surface area contributed by atoms with E-state index < -0.39 is 0 Å². The Balaban J connectivity index is 1.54. The molecular formula is C15H17FN4. The van der Waals surface area contributed by atoms with Gasteiger partial charge in [0.2, 0.25) is 5.95 Å². The van der Waals surface area contributed by atoms with Gasteiger partial charge in [-0.3, -0.25) is 0 Å². The second-order valence-electron chi connectivity index (χ2n) is 4.95. The van der Waals surface area contributed by atoms with E-state index in [1.807, 2.05) is 12.1 Å². The van der Waals surface area contributed by atoms with Crippen LogP contribution in [0.3, 0.4) is 0 Å². The minimum absolute atomic E-state index is 0.167. The first-order valence-electron chi connectivity index (χ1n) is 6.88. The normalized spacial score (nSPS) is 14.1. The molecule has 2 aromatic rings. The lowest BCUT2D eigenvalue weighted by Crippen LogP contribution is -2.10. The minimum Gasteiger partial charge on any atom is -0.367 e. The summed E-state index contributed by atoms with van der Waals surface area (Å²) in [5, 5.41) is 6.45. The predicted octanol–water partition coefficient (Wildman–Crippen LogP) is 2.84. The first kappa shape index (κ1) is 12.8. The SMILES string of the molecule is Fc1ccccc1CCNc1nccc(NC2CC2)n1. The Labute approximate surface area is 117 Å². The average Bonchev–Trinajstić information content (AvgIpc) is 3.25. The summed E-state index contributed by atoms with van der Waals surface area (Å²) >= 11 is 0. The molecule has 3 rings (SSSR count). The largest absolute Gasteiger partial charge is 0.367 e. The zero-order valence-corrected chi connectivity index (χ0v) is 11.1. The van der Waals surface area contributed by atoms with Gasteiger partial charge >= 0.3 is 0 Å². The standard InChI is InChI=1S/C15H17FN4/c16-13-4-2-1-3-11(13)7-9-17-15-18-10-8-14(20-15)19-12-5-6-12/h1-4,8,10,12H,5-7,9H2,(H2,17,18,19,20). The maximum absolute atomic E-state index is 13.5. The number of anilines is 2. The van der Waals surface area contributed by atoms with Gasteiger partial charge in [-0.25, -0.2) is 9.37 Å². The fraction of sp³-hybridized carbons (Fsp3) is 0.333. The third-order valence-corrected chi connectivity index (χ3v) is 3.22. The van der Waals surface area contributed by atoms with Crippen molar-refractivity contribution in [1.29, 1.82) is 0 Å². The van der Waals surface area contributed by atoms with Gasteiger partial charge in [-0.05, 0) is 37.0 Å². The van der Waals surface area contributed by atoms with Crippen molar-refractivity contribution < 1.29 is 4.39 Å². The number of hydrogen-bond acceptors (Lipinski definition) is 4. The third-order valence-electron chi connectivity index (χ3n) is 3.22. The molecule has 1 heterocycles. The van der Waals surface area contributed by atoms with E-state index in [2.05, 4.69) is 20.6 Å². The average molecular weight is 272 g/mol. The van der Waals surface area contributed by atoms with Gasteiger partial charge in [-0.1, -0.05) is 18.2 Å². The highest BCUT2D eigenvalue weighted by Crippen LogP contribution is 2.23. The van der Waals surface area contributed by atoms with E-state index in [0.29, 0.717) is 30.5 Å². The molecule has 4 nitrogen and oxygen atoms in total. The maximum Gasteiger partial charge on any atom is 0.224 e. The first-order valence-corrected chi connectivity index (χ1v) is 6.88. The number of halogens is 1. The Morgan fingerprint density at radius 1 is 1.20 bits per heavy atom. The summed E-state index contributed by atoms with van der Waals surface area (Å²) in [7, 11) is 0. The monoisotopic (exact) mass is 272 g/mol. The van der Waals surface area contributed by atoms with Crippen LogP contribution in [0.5, 0.6) is 0 Å². The number of nitrogens with one attached hydrogen (secondary N) is 2. The molecule has 0 atom stereocenters. The summed E-state index contributed by atoms with van der Waals surface area (Å²) in [5.74, 6) is 1.25. The molecular weight excluding hydrogens is 255 g/mol. The molecule has 0 amide bonds. The summed E-state index contributed by atoms with van der Waals surface area (Å²) in [4.78, 5) is 8.54. The van der Waals surface area contributed by atoms with Crippen molar-refractivity contribution >= 4 is 11.8 Å². The van der Waals surface area contributed by atoms with Gasteiger partial charge < -0.3 is 10.6 Å². The van der Waals surface area contributed by atoms with Crippen molar-refractivity contribution in [2.24, 2.45) is 0 Å². The summed E-state index contributed by atoms with van der Waals surface area (Å²) in [5.41, 5.74) is 0.701. The van der Waals surface area contributed by atoms with Crippen LogP contribution in [0, 0.1) is 5.82 Å². The number of nitrogens with zero attached hydrogens (tertiary/aromatic N) is 2. The van der Waals surface area contributed by atoms with Gasteiger partial charge in [0.25, 0.3) is 0 Å². The van der Waals surface area contributed by atoms with Crippen LogP contribution in [0.25, 0.3) is 0 Å². The van der Waals surface area contributed by atoms with Crippen LogP contribution in [-0.2, 0) is 6.42 Å². The van der Waals surface area contributed by atoms with Gasteiger partial charge in [0.1, 0.15) is 11.6 Å². The van der Waals surface area contributed by atoms with Crippen molar-refractivity contribution in [3.05, 3.63) is 47.9 Å². The molecule has 1 aromatic heterocycles. The molecule has 1 aromatic carbocycles. The van der Waals surface area contributed by atoms with E-state index in [1.54, 1.807) is 18.3 Å². The van der Waals surface area contributed by atoms with Crippen LogP contribution in [0.2, 0.25) is 0 Å². The van der Waals surface area contributed by atoms with E-state index in [1.165, 1.54) is 18.9 Å². The zero-order valence-electron chi connectivity index (χ0n) is 11.1. The van der Waals surface area contributed by atoms with E-state index in [0.717, 1.165) is 5.82 Å². The Morgan fingerprint density at radius 3 is 2.85 bits per heavy atom. The molecule has 2 N–H and O–H groups in total. The van der Waals surface area contributed by atoms with Crippen molar-refractivity contribution in [2.75, 3.05) is 17.2 Å². The zero-order chi connectivity index (χ0) is 13.8. The Bertz CT molecular complexity index is 584. The predicted molar refractivity (Wildman–Crippen MR) is 77.3 cm³/mol. The third kappa shape index (κ3) is 3.44. The maximum atomic E-state index is 13.5. The molecule has 1 aliphatic carbocycles. The quantitative estimate of drug-likeness (QED) is 0.849. The topological polar surface area (TPSA) is 49.8 Å². The van der Waals surface area contributed by atoms with E-state index >= 15 is 0 Å². The molecule has 0 spiro atoms. The Hall–Kier alpha value is -2.17. The summed E-state index contributed by atoms with van der Waals surface area (Å²) in [6.07, 6.45) is 4.75. The van der Waals surface area contributed by atoms with Gasteiger partial charge in [0.05, 0.1) is 0 Å². The highest BCUT2D eigenvalue weighted by Gasteiger charge is 2.21. The van der Waals surface area contributed by atoms with Gasteiger partial charge in [0, 0.05) is 18.8 Å². The first-order chi connectivity index (χ1) is 9.81. The molecule has 1 aliphatic rings. The smallest absolute Gasteiger partial charge is 0.224 e. The molecule has 1 saturated carbocycles. The minimum atomic E-state index is -0.167. The highest BCUT2D eigenvalue weighted by atomic mass is 19.1.